The van der Waals surface area contributed by atoms with Crippen LogP contribution >= 0.6 is 0 Å². The van der Waals surface area contributed by atoms with Crippen molar-refractivity contribution in [1.29, 1.82) is 0 Å². The molecule has 22 heavy (non-hydrogen) atoms. The molecule has 3 nitrogen and oxygen atoms in total. The van der Waals surface area contributed by atoms with Crippen LogP contribution in [0, 0.1) is 0 Å². The third-order valence-corrected chi connectivity index (χ3v) is 4.57. The standard InChI is InChI=1S/C19H40N2O/c1-4-6-7-8-9-10-11-12-13-15-18(22)19(3,21-5-2)16-14-17-20/h21H,4-17,20H2,1-3H3. The van der Waals surface area contributed by atoms with Gasteiger partial charge in [-0.25, -0.2) is 0 Å². The van der Waals surface area contributed by atoms with E-state index in [4.69, 9.17) is 5.73 Å². The molecule has 3 N–H and O–H groups in total. The number of Topliss-reactive ketones (excluding diaryl/α,β-unsaturated/α-hetero) is 1. The Balaban J connectivity index is 3.76. The summed E-state index contributed by atoms with van der Waals surface area (Å²) in [7, 11) is 0. The van der Waals surface area contributed by atoms with E-state index in [-0.39, 0.29) is 5.54 Å². The van der Waals surface area contributed by atoms with Gasteiger partial charge in [0.15, 0.2) is 5.78 Å². The second-order valence-electron chi connectivity index (χ2n) is 6.76. The fourth-order valence-corrected chi connectivity index (χ4v) is 3.04. The number of unbranched alkanes of at least 4 members (excludes halogenated alkanes) is 8. The van der Waals surface area contributed by atoms with Crippen LogP contribution in [-0.2, 0) is 4.79 Å². The smallest absolute Gasteiger partial charge is 0.152 e. The average molecular weight is 313 g/mol. The van der Waals surface area contributed by atoms with Gasteiger partial charge in [0, 0.05) is 6.42 Å². The number of hydrogen-bond donors (Lipinski definition) is 2. The van der Waals surface area contributed by atoms with Crippen molar-refractivity contribution in [1.82, 2.24) is 5.32 Å². The number of hydrogen-bond acceptors (Lipinski definition) is 3. The second kappa shape index (κ2) is 14.2. The summed E-state index contributed by atoms with van der Waals surface area (Å²) in [5.74, 6) is 0.366. The number of nitrogens with two attached hydrogens (primary N) is 1. The summed E-state index contributed by atoms with van der Waals surface area (Å²) in [5, 5.41) is 3.37. The van der Waals surface area contributed by atoms with Crippen LogP contribution in [0.1, 0.15) is 97.8 Å². The van der Waals surface area contributed by atoms with E-state index in [0.29, 0.717) is 18.7 Å². The quantitative estimate of drug-likeness (QED) is 0.410. The summed E-state index contributed by atoms with van der Waals surface area (Å²) in [4.78, 5) is 12.5. The van der Waals surface area contributed by atoms with E-state index in [0.717, 1.165) is 25.8 Å². The molecule has 0 rings (SSSR count). The zero-order valence-corrected chi connectivity index (χ0v) is 15.4. The van der Waals surface area contributed by atoms with Gasteiger partial charge in [-0.1, -0.05) is 65.2 Å². The van der Waals surface area contributed by atoms with Crippen molar-refractivity contribution in [3.8, 4) is 0 Å². The van der Waals surface area contributed by atoms with Crippen LogP contribution in [0.15, 0.2) is 0 Å². The number of ketones is 1. The average Bonchev–Trinajstić information content (AvgIpc) is 2.51. The maximum Gasteiger partial charge on any atom is 0.152 e. The molecule has 0 aliphatic rings. The summed E-state index contributed by atoms with van der Waals surface area (Å²) in [6.45, 7) is 7.86. The molecule has 0 spiro atoms. The lowest BCUT2D eigenvalue weighted by atomic mass is 9.87. The largest absolute Gasteiger partial charge is 0.330 e. The number of carbonyl (C=O) groups excluding carboxylic acids is 1. The number of likely N-dealkylation sites (N-methyl/N-ethyl adjacent to an activating group) is 1. The van der Waals surface area contributed by atoms with Crippen molar-refractivity contribution in [3.05, 3.63) is 0 Å². The SMILES string of the molecule is CCCCCCCCCCCC(=O)C(C)(CCCN)NCC. The van der Waals surface area contributed by atoms with Crippen molar-refractivity contribution in [3.63, 3.8) is 0 Å². The fraction of sp³-hybridized carbons (Fsp3) is 0.947. The van der Waals surface area contributed by atoms with Gasteiger partial charge in [-0.2, -0.15) is 0 Å². The minimum Gasteiger partial charge on any atom is -0.330 e. The molecule has 0 bridgehead atoms. The highest BCUT2D eigenvalue weighted by Crippen LogP contribution is 2.18. The normalized spacial score (nSPS) is 14.0. The highest BCUT2D eigenvalue weighted by atomic mass is 16.1. The van der Waals surface area contributed by atoms with Crippen LogP contribution in [0.3, 0.4) is 0 Å². The lowest BCUT2D eigenvalue weighted by Crippen LogP contribution is -2.49. The molecule has 0 aliphatic carbocycles. The highest BCUT2D eigenvalue weighted by Gasteiger charge is 2.30. The van der Waals surface area contributed by atoms with Gasteiger partial charge in [0.1, 0.15) is 0 Å². The highest BCUT2D eigenvalue weighted by molar-refractivity contribution is 5.87. The molecule has 0 heterocycles. The van der Waals surface area contributed by atoms with Crippen LogP contribution in [0.4, 0.5) is 0 Å². The first kappa shape index (κ1) is 21.6. The third-order valence-electron chi connectivity index (χ3n) is 4.57. The maximum absolute atomic E-state index is 12.5. The van der Waals surface area contributed by atoms with Gasteiger partial charge in [0.05, 0.1) is 5.54 Å². The molecule has 1 unspecified atom stereocenters. The van der Waals surface area contributed by atoms with Gasteiger partial charge in [-0.15, -0.1) is 0 Å². The molecule has 0 fully saturated rings. The Labute approximate surface area is 138 Å². The monoisotopic (exact) mass is 312 g/mol. The molecule has 1 atom stereocenters. The summed E-state index contributed by atoms with van der Waals surface area (Å²) < 4.78 is 0. The summed E-state index contributed by atoms with van der Waals surface area (Å²) in [5.41, 5.74) is 5.22. The Hall–Kier alpha value is -0.410. The maximum atomic E-state index is 12.5. The van der Waals surface area contributed by atoms with Gasteiger partial charge in [-0.3, -0.25) is 4.79 Å². The zero-order valence-electron chi connectivity index (χ0n) is 15.4. The van der Waals surface area contributed by atoms with E-state index >= 15 is 0 Å². The van der Waals surface area contributed by atoms with E-state index in [1.165, 1.54) is 51.4 Å². The van der Waals surface area contributed by atoms with Gasteiger partial charge < -0.3 is 11.1 Å². The first-order chi connectivity index (χ1) is 10.6. The Morgan fingerprint density at radius 1 is 0.909 bits per heavy atom. The van der Waals surface area contributed by atoms with Crippen LogP contribution in [0.2, 0.25) is 0 Å². The van der Waals surface area contributed by atoms with Crippen molar-refractivity contribution < 1.29 is 4.79 Å². The van der Waals surface area contributed by atoms with Crippen LogP contribution in [0.5, 0.6) is 0 Å². The molecule has 0 saturated heterocycles. The molecule has 132 valence electrons. The Morgan fingerprint density at radius 2 is 1.45 bits per heavy atom. The van der Waals surface area contributed by atoms with E-state index in [9.17, 15) is 4.79 Å². The molecule has 3 heteroatoms. The minimum atomic E-state index is -0.367. The fourth-order valence-electron chi connectivity index (χ4n) is 3.04. The van der Waals surface area contributed by atoms with Crippen molar-refractivity contribution in [2.75, 3.05) is 13.1 Å². The number of rotatable bonds is 16. The lowest BCUT2D eigenvalue weighted by Gasteiger charge is -2.29. The van der Waals surface area contributed by atoms with E-state index < -0.39 is 0 Å². The topological polar surface area (TPSA) is 55.1 Å². The van der Waals surface area contributed by atoms with Gasteiger partial charge in [0.25, 0.3) is 0 Å². The first-order valence-electron chi connectivity index (χ1n) is 9.59. The second-order valence-corrected chi connectivity index (χ2v) is 6.76. The molecule has 0 aromatic carbocycles. The zero-order chi connectivity index (χ0) is 16.7. The van der Waals surface area contributed by atoms with E-state index in [2.05, 4.69) is 19.2 Å². The van der Waals surface area contributed by atoms with Crippen molar-refractivity contribution in [2.45, 2.75) is 103 Å². The van der Waals surface area contributed by atoms with Crippen molar-refractivity contribution >= 4 is 5.78 Å². The number of nitrogens with one attached hydrogen (secondary N) is 1. The van der Waals surface area contributed by atoms with Gasteiger partial charge in [-0.05, 0) is 39.3 Å². The first-order valence-corrected chi connectivity index (χ1v) is 9.59. The summed E-state index contributed by atoms with van der Waals surface area (Å²) in [6, 6.07) is 0. The van der Waals surface area contributed by atoms with Crippen LogP contribution < -0.4 is 11.1 Å². The Kier molecular flexibility index (Phi) is 13.9. The summed E-state index contributed by atoms with van der Waals surface area (Å²) in [6.07, 6.45) is 14.1. The molecule has 0 aromatic heterocycles. The van der Waals surface area contributed by atoms with E-state index in [1.807, 2.05) is 6.92 Å². The molecule has 0 aliphatic heterocycles. The minimum absolute atomic E-state index is 0.366. The predicted molar refractivity (Wildman–Crippen MR) is 97.2 cm³/mol. The molecule has 0 radical (unpaired) electrons. The predicted octanol–water partition coefficient (Wildman–Crippen LogP) is 4.58. The van der Waals surface area contributed by atoms with Crippen LogP contribution in [0.25, 0.3) is 0 Å². The number of carbonyl (C=O) groups is 1. The summed E-state index contributed by atoms with van der Waals surface area (Å²) >= 11 is 0. The van der Waals surface area contributed by atoms with Crippen LogP contribution in [-0.4, -0.2) is 24.4 Å². The lowest BCUT2D eigenvalue weighted by molar-refractivity contribution is -0.125. The van der Waals surface area contributed by atoms with Gasteiger partial charge >= 0.3 is 0 Å². The molecular formula is C19H40N2O. The van der Waals surface area contributed by atoms with Crippen molar-refractivity contribution in [2.24, 2.45) is 5.73 Å². The van der Waals surface area contributed by atoms with Gasteiger partial charge in [0.2, 0.25) is 0 Å². The third kappa shape index (κ3) is 10.3. The molecule has 0 saturated carbocycles. The molecule has 0 amide bonds. The molecular weight excluding hydrogens is 272 g/mol. The molecule has 0 aromatic rings. The Morgan fingerprint density at radius 3 is 1.95 bits per heavy atom. The Bertz CT molecular complexity index is 268. The van der Waals surface area contributed by atoms with E-state index in [1.54, 1.807) is 0 Å².